The molecule has 0 spiro atoms. The Morgan fingerprint density at radius 1 is 1.25 bits per heavy atom. The highest BCUT2D eigenvalue weighted by atomic mass is 16.5. The van der Waals surface area contributed by atoms with Crippen LogP contribution in [0, 0.1) is 0 Å². The lowest BCUT2D eigenvalue weighted by Gasteiger charge is -2.37. The van der Waals surface area contributed by atoms with Gasteiger partial charge in [-0.05, 0) is 39.8 Å². The van der Waals surface area contributed by atoms with Crippen LogP contribution in [0.3, 0.4) is 0 Å². The monoisotopic (exact) mass is 221 g/mol. The lowest BCUT2D eigenvalue weighted by molar-refractivity contribution is -0.0893. The summed E-state index contributed by atoms with van der Waals surface area (Å²) >= 11 is 0. The van der Waals surface area contributed by atoms with Crippen LogP contribution >= 0.6 is 0 Å². The van der Waals surface area contributed by atoms with E-state index in [-0.39, 0.29) is 0 Å². The lowest BCUT2D eigenvalue weighted by Crippen LogP contribution is -2.49. The Morgan fingerprint density at radius 2 is 1.88 bits per heavy atom. The first-order valence-electron chi connectivity index (χ1n) is 5.43. The van der Waals surface area contributed by atoms with E-state index < -0.39 is 11.2 Å². The molecule has 0 saturated heterocycles. The summed E-state index contributed by atoms with van der Waals surface area (Å²) in [4.78, 5) is 0. The zero-order valence-electron chi connectivity index (χ0n) is 10.4. The van der Waals surface area contributed by atoms with E-state index in [1.54, 1.807) is 13.8 Å². The molecule has 3 nitrogen and oxygen atoms in total. The molecule has 0 aliphatic rings. The zero-order chi connectivity index (χ0) is 12.4. The van der Waals surface area contributed by atoms with Gasteiger partial charge in [0.2, 0.25) is 0 Å². The van der Waals surface area contributed by atoms with Crippen molar-refractivity contribution in [3.63, 3.8) is 0 Å². The molecule has 0 bridgehead atoms. The molecule has 1 aromatic rings. The van der Waals surface area contributed by atoms with Gasteiger partial charge in [0, 0.05) is 5.69 Å². The van der Waals surface area contributed by atoms with E-state index in [1.807, 2.05) is 38.1 Å². The maximum atomic E-state index is 9.93. The highest BCUT2D eigenvalue weighted by Crippen LogP contribution is 2.24. The molecular weight excluding hydrogens is 201 g/mol. The van der Waals surface area contributed by atoms with Gasteiger partial charge in [-0.1, -0.05) is 17.6 Å². The fraction of sp³-hybridized carbons (Fsp3) is 0.500. The summed E-state index contributed by atoms with van der Waals surface area (Å²) in [6.45, 7) is 7.23. The first kappa shape index (κ1) is 13.1. The molecular formula is C12H20BNO2. The van der Waals surface area contributed by atoms with Crippen LogP contribution in [0.2, 0.25) is 0 Å². The molecule has 0 unspecified atom stereocenters. The minimum atomic E-state index is -0.882. The first-order chi connectivity index (χ1) is 7.22. The minimum absolute atomic E-state index is 0.446. The molecule has 1 aromatic carbocycles. The fourth-order valence-electron chi connectivity index (χ4n) is 1.12. The number of benzene rings is 1. The van der Waals surface area contributed by atoms with Crippen LogP contribution in [0.1, 0.15) is 27.7 Å². The molecule has 0 aromatic heterocycles. The molecule has 0 aliphatic carbocycles. The third-order valence-corrected chi connectivity index (χ3v) is 3.02. The van der Waals surface area contributed by atoms with E-state index in [0.717, 1.165) is 11.2 Å². The number of rotatable bonds is 4. The maximum absolute atomic E-state index is 9.93. The standard InChI is InChI=1S/C12H20BNO2/c1-11(2,15)12(3,4)16-13-9-6-5-7-10(14)8-9/h5-8,13,15H,14H2,1-4H3. The highest BCUT2D eigenvalue weighted by molar-refractivity contribution is 6.47. The van der Waals surface area contributed by atoms with Crippen molar-refractivity contribution in [3.8, 4) is 0 Å². The maximum Gasteiger partial charge on any atom is 0.309 e. The third-order valence-electron chi connectivity index (χ3n) is 3.02. The van der Waals surface area contributed by atoms with Crippen molar-refractivity contribution in [3.05, 3.63) is 24.3 Å². The average Bonchev–Trinajstić information content (AvgIpc) is 2.13. The summed E-state index contributed by atoms with van der Waals surface area (Å²) in [7, 11) is 0.446. The molecule has 0 heterocycles. The van der Waals surface area contributed by atoms with Crippen LogP contribution in [-0.4, -0.2) is 23.8 Å². The Balaban J connectivity index is 2.65. The van der Waals surface area contributed by atoms with Crippen molar-refractivity contribution in [2.45, 2.75) is 38.9 Å². The van der Waals surface area contributed by atoms with Gasteiger partial charge in [0.25, 0.3) is 0 Å². The van der Waals surface area contributed by atoms with E-state index in [1.165, 1.54) is 0 Å². The topological polar surface area (TPSA) is 55.5 Å². The van der Waals surface area contributed by atoms with Crippen LogP contribution in [0.15, 0.2) is 24.3 Å². The number of aliphatic hydroxyl groups is 1. The summed E-state index contributed by atoms with van der Waals surface area (Å²) in [6, 6.07) is 7.56. The van der Waals surface area contributed by atoms with Gasteiger partial charge in [0.05, 0.1) is 11.2 Å². The van der Waals surface area contributed by atoms with Gasteiger partial charge in [0.1, 0.15) is 0 Å². The summed E-state index contributed by atoms with van der Waals surface area (Å²) in [5.74, 6) is 0. The van der Waals surface area contributed by atoms with Gasteiger partial charge in [-0.2, -0.15) is 0 Å². The van der Waals surface area contributed by atoms with Crippen molar-refractivity contribution in [1.29, 1.82) is 0 Å². The quantitative estimate of drug-likeness (QED) is 0.584. The largest absolute Gasteiger partial charge is 0.427 e. The van der Waals surface area contributed by atoms with Crippen LogP contribution in [0.25, 0.3) is 0 Å². The summed E-state index contributed by atoms with van der Waals surface area (Å²) in [5, 5.41) is 9.93. The van der Waals surface area contributed by atoms with E-state index in [0.29, 0.717) is 7.48 Å². The van der Waals surface area contributed by atoms with Gasteiger partial charge in [0.15, 0.2) is 0 Å². The molecule has 1 rings (SSSR count). The Morgan fingerprint density at radius 3 is 2.38 bits per heavy atom. The van der Waals surface area contributed by atoms with Gasteiger partial charge in [-0.15, -0.1) is 0 Å². The molecule has 88 valence electrons. The first-order valence-corrected chi connectivity index (χ1v) is 5.43. The summed E-state index contributed by atoms with van der Waals surface area (Å²) in [6.07, 6.45) is 0. The molecule has 0 aliphatic heterocycles. The van der Waals surface area contributed by atoms with E-state index >= 15 is 0 Å². The lowest BCUT2D eigenvalue weighted by atomic mass is 9.82. The van der Waals surface area contributed by atoms with Gasteiger partial charge >= 0.3 is 7.48 Å². The predicted molar refractivity (Wildman–Crippen MR) is 69.1 cm³/mol. The van der Waals surface area contributed by atoms with Crippen molar-refractivity contribution in [1.82, 2.24) is 0 Å². The number of hydrogen-bond acceptors (Lipinski definition) is 3. The molecule has 0 atom stereocenters. The number of nitrogens with two attached hydrogens (primary N) is 1. The second kappa shape index (κ2) is 4.48. The molecule has 0 saturated carbocycles. The van der Waals surface area contributed by atoms with Gasteiger partial charge in [-0.3, -0.25) is 0 Å². The predicted octanol–water partition coefficient (Wildman–Crippen LogP) is 0.812. The summed E-state index contributed by atoms with van der Waals surface area (Å²) in [5.41, 5.74) is 5.93. The van der Waals surface area contributed by atoms with Crippen molar-refractivity contribution >= 4 is 18.6 Å². The van der Waals surface area contributed by atoms with E-state index in [9.17, 15) is 5.11 Å². The van der Waals surface area contributed by atoms with Crippen molar-refractivity contribution in [2.75, 3.05) is 5.73 Å². The normalized spacial score (nSPS) is 12.6. The van der Waals surface area contributed by atoms with E-state index in [4.69, 9.17) is 10.4 Å². The van der Waals surface area contributed by atoms with Crippen molar-refractivity contribution < 1.29 is 9.76 Å². The highest BCUT2D eigenvalue weighted by Gasteiger charge is 2.35. The fourth-order valence-corrected chi connectivity index (χ4v) is 1.12. The number of nitrogen functional groups attached to an aromatic ring is 1. The Hall–Kier alpha value is -0.995. The average molecular weight is 221 g/mol. The van der Waals surface area contributed by atoms with Gasteiger partial charge in [-0.25, -0.2) is 0 Å². The Kier molecular flexibility index (Phi) is 3.66. The Labute approximate surface area is 97.9 Å². The molecule has 0 amide bonds. The number of hydrogen-bond donors (Lipinski definition) is 2. The Bertz CT molecular complexity index is 358. The van der Waals surface area contributed by atoms with Crippen LogP contribution < -0.4 is 11.2 Å². The van der Waals surface area contributed by atoms with Crippen LogP contribution in [0.5, 0.6) is 0 Å². The molecule has 3 N–H and O–H groups in total. The SMILES string of the molecule is CC(C)(O)C(C)(C)OBc1cccc(N)c1. The smallest absolute Gasteiger partial charge is 0.309 e. The summed E-state index contributed by atoms with van der Waals surface area (Å²) < 4.78 is 5.73. The van der Waals surface area contributed by atoms with E-state index in [2.05, 4.69) is 0 Å². The van der Waals surface area contributed by atoms with Gasteiger partial charge < -0.3 is 15.5 Å². The van der Waals surface area contributed by atoms with Crippen LogP contribution in [0.4, 0.5) is 5.69 Å². The molecule has 16 heavy (non-hydrogen) atoms. The minimum Gasteiger partial charge on any atom is -0.427 e. The molecule has 0 fully saturated rings. The second-order valence-electron chi connectivity index (χ2n) is 5.10. The van der Waals surface area contributed by atoms with Crippen LogP contribution in [-0.2, 0) is 4.65 Å². The number of anilines is 1. The molecule has 4 heteroatoms. The second-order valence-corrected chi connectivity index (χ2v) is 5.10. The molecule has 0 radical (unpaired) electrons. The third kappa shape index (κ3) is 3.25. The zero-order valence-corrected chi connectivity index (χ0v) is 10.4. The van der Waals surface area contributed by atoms with Crippen molar-refractivity contribution in [2.24, 2.45) is 0 Å².